The van der Waals surface area contributed by atoms with E-state index < -0.39 is 0 Å². The molecule has 1 fully saturated rings. The molecule has 3 heteroatoms. The highest BCUT2D eigenvalue weighted by Crippen LogP contribution is 2.24. The van der Waals surface area contributed by atoms with E-state index in [1.54, 1.807) is 0 Å². The van der Waals surface area contributed by atoms with Gasteiger partial charge in [0.15, 0.2) is 0 Å². The summed E-state index contributed by atoms with van der Waals surface area (Å²) in [4.78, 5) is 11.3. The van der Waals surface area contributed by atoms with Crippen molar-refractivity contribution in [2.24, 2.45) is 11.8 Å². The predicted octanol–water partition coefficient (Wildman–Crippen LogP) is 1.18. The Kier molecular flexibility index (Phi) is 3.72. The second kappa shape index (κ2) is 4.61. The number of hydrogen-bond acceptors (Lipinski definition) is 3. The van der Waals surface area contributed by atoms with Crippen LogP contribution in [0.15, 0.2) is 0 Å². The van der Waals surface area contributed by atoms with Crippen molar-refractivity contribution in [2.75, 3.05) is 13.7 Å². The van der Waals surface area contributed by atoms with Gasteiger partial charge in [0.25, 0.3) is 0 Å². The lowest BCUT2D eigenvalue weighted by atomic mass is 9.84. The minimum absolute atomic E-state index is 0.0776. The third kappa shape index (κ3) is 2.69. The highest BCUT2D eigenvalue weighted by molar-refractivity contribution is 5.75. The molecule has 0 spiro atoms. The van der Waals surface area contributed by atoms with Crippen LogP contribution in [0.2, 0.25) is 0 Å². The van der Waals surface area contributed by atoms with Crippen molar-refractivity contribution in [2.45, 2.75) is 32.7 Å². The minimum atomic E-state index is -0.120. The highest BCUT2D eigenvalue weighted by atomic mass is 16.5. The van der Waals surface area contributed by atoms with Gasteiger partial charge in [-0.15, -0.1) is 0 Å². The smallest absolute Gasteiger partial charge is 0.322 e. The third-order valence-corrected chi connectivity index (χ3v) is 2.87. The van der Waals surface area contributed by atoms with E-state index in [9.17, 15) is 4.79 Å². The van der Waals surface area contributed by atoms with Crippen LogP contribution < -0.4 is 5.32 Å². The topological polar surface area (TPSA) is 38.3 Å². The molecule has 0 bridgehead atoms. The minimum Gasteiger partial charge on any atom is -0.468 e. The number of hydrogen-bond donors (Lipinski definition) is 1. The summed E-state index contributed by atoms with van der Waals surface area (Å²) < 4.78 is 4.72. The Morgan fingerprint density at radius 3 is 2.77 bits per heavy atom. The van der Waals surface area contributed by atoms with E-state index in [0.717, 1.165) is 13.0 Å². The van der Waals surface area contributed by atoms with Crippen LogP contribution in [0, 0.1) is 11.8 Å². The van der Waals surface area contributed by atoms with E-state index in [4.69, 9.17) is 4.74 Å². The molecule has 1 heterocycles. The van der Waals surface area contributed by atoms with Gasteiger partial charge in [-0.25, -0.2) is 0 Å². The molecule has 0 aromatic carbocycles. The van der Waals surface area contributed by atoms with Crippen LogP contribution in [-0.4, -0.2) is 25.7 Å². The molecule has 1 saturated heterocycles. The average molecular weight is 185 g/mol. The van der Waals surface area contributed by atoms with Crippen molar-refractivity contribution in [3.05, 3.63) is 0 Å². The number of nitrogens with one attached hydrogen (secondary N) is 1. The summed E-state index contributed by atoms with van der Waals surface area (Å²) in [5.41, 5.74) is 0. The molecule has 0 radical (unpaired) electrons. The summed E-state index contributed by atoms with van der Waals surface area (Å²) in [7, 11) is 1.45. The van der Waals surface area contributed by atoms with Gasteiger partial charge in [0, 0.05) is 0 Å². The standard InChI is InChI=1S/C10H19NO2/c1-7(2)8-4-5-11-9(6-8)10(12)13-3/h7-9,11H,4-6H2,1-3H3/t8-,9+/m0/s1. The zero-order chi connectivity index (χ0) is 9.84. The normalized spacial score (nSPS) is 28.9. The van der Waals surface area contributed by atoms with Crippen molar-refractivity contribution in [1.82, 2.24) is 5.32 Å². The van der Waals surface area contributed by atoms with Crippen molar-refractivity contribution in [3.63, 3.8) is 0 Å². The molecule has 1 aliphatic heterocycles. The quantitative estimate of drug-likeness (QED) is 0.657. The van der Waals surface area contributed by atoms with E-state index in [-0.39, 0.29) is 12.0 Å². The van der Waals surface area contributed by atoms with Crippen molar-refractivity contribution in [1.29, 1.82) is 0 Å². The van der Waals surface area contributed by atoms with E-state index in [1.807, 2.05) is 0 Å². The van der Waals surface area contributed by atoms with E-state index in [0.29, 0.717) is 11.8 Å². The number of piperidine rings is 1. The fourth-order valence-corrected chi connectivity index (χ4v) is 1.87. The number of rotatable bonds is 2. The first kappa shape index (κ1) is 10.5. The van der Waals surface area contributed by atoms with Gasteiger partial charge >= 0.3 is 5.97 Å². The fraction of sp³-hybridized carbons (Fsp3) is 0.900. The number of ether oxygens (including phenoxy) is 1. The molecule has 13 heavy (non-hydrogen) atoms. The molecular weight excluding hydrogens is 166 g/mol. The van der Waals surface area contributed by atoms with Crippen LogP contribution >= 0.6 is 0 Å². The molecule has 2 atom stereocenters. The summed E-state index contributed by atoms with van der Waals surface area (Å²) in [6.45, 7) is 5.36. The third-order valence-electron chi connectivity index (χ3n) is 2.87. The molecule has 0 saturated carbocycles. The van der Waals surface area contributed by atoms with Gasteiger partial charge in [0.1, 0.15) is 6.04 Å². The van der Waals surface area contributed by atoms with E-state index in [1.165, 1.54) is 13.5 Å². The van der Waals surface area contributed by atoms with Crippen molar-refractivity contribution >= 4 is 5.97 Å². The van der Waals surface area contributed by atoms with Gasteiger partial charge in [0.2, 0.25) is 0 Å². The predicted molar refractivity (Wildman–Crippen MR) is 51.4 cm³/mol. The first-order valence-corrected chi connectivity index (χ1v) is 4.96. The van der Waals surface area contributed by atoms with Gasteiger partial charge in [0.05, 0.1) is 7.11 Å². The molecule has 1 aliphatic rings. The highest BCUT2D eigenvalue weighted by Gasteiger charge is 2.28. The van der Waals surface area contributed by atoms with E-state index in [2.05, 4.69) is 19.2 Å². The van der Waals surface area contributed by atoms with Crippen molar-refractivity contribution in [3.8, 4) is 0 Å². The van der Waals surface area contributed by atoms with Crippen LogP contribution in [0.4, 0.5) is 0 Å². The maximum absolute atomic E-state index is 11.3. The number of esters is 1. The molecule has 0 amide bonds. The lowest BCUT2D eigenvalue weighted by Gasteiger charge is -2.30. The molecule has 0 aromatic rings. The molecule has 3 nitrogen and oxygen atoms in total. The molecule has 1 N–H and O–H groups in total. The van der Waals surface area contributed by atoms with Gasteiger partial charge in [-0.1, -0.05) is 13.8 Å². The zero-order valence-electron chi connectivity index (χ0n) is 8.67. The van der Waals surface area contributed by atoms with Gasteiger partial charge in [-0.2, -0.15) is 0 Å². The Hall–Kier alpha value is -0.570. The van der Waals surface area contributed by atoms with Crippen LogP contribution in [0.3, 0.4) is 0 Å². The Bertz CT molecular complexity index is 180. The summed E-state index contributed by atoms with van der Waals surface area (Å²) >= 11 is 0. The second-order valence-electron chi connectivity index (χ2n) is 4.06. The fourth-order valence-electron chi connectivity index (χ4n) is 1.87. The molecule has 0 aliphatic carbocycles. The second-order valence-corrected chi connectivity index (χ2v) is 4.06. The summed E-state index contributed by atoms with van der Waals surface area (Å²) in [5.74, 6) is 1.20. The Labute approximate surface area is 79.8 Å². The summed E-state index contributed by atoms with van der Waals surface area (Å²) in [6.07, 6.45) is 2.09. The number of carbonyl (C=O) groups excluding carboxylic acids is 1. The Morgan fingerprint density at radius 2 is 2.23 bits per heavy atom. The van der Waals surface area contributed by atoms with Crippen LogP contribution in [-0.2, 0) is 9.53 Å². The molecule has 0 unspecified atom stereocenters. The first-order valence-electron chi connectivity index (χ1n) is 4.96. The lowest BCUT2D eigenvalue weighted by Crippen LogP contribution is -2.45. The average Bonchev–Trinajstić information content (AvgIpc) is 2.17. The van der Waals surface area contributed by atoms with Gasteiger partial charge in [-0.3, -0.25) is 4.79 Å². The molecule has 1 rings (SSSR count). The van der Waals surface area contributed by atoms with Crippen LogP contribution in [0.25, 0.3) is 0 Å². The van der Waals surface area contributed by atoms with Crippen LogP contribution in [0.5, 0.6) is 0 Å². The Balaban J connectivity index is 2.46. The molecule has 0 aromatic heterocycles. The maximum atomic E-state index is 11.3. The van der Waals surface area contributed by atoms with Crippen molar-refractivity contribution < 1.29 is 9.53 Å². The maximum Gasteiger partial charge on any atom is 0.322 e. The number of carbonyl (C=O) groups is 1. The number of methoxy groups -OCH3 is 1. The SMILES string of the molecule is COC(=O)[C@H]1C[C@@H](C(C)C)CCN1. The summed E-state index contributed by atoms with van der Waals surface area (Å²) in [5, 5.41) is 3.18. The van der Waals surface area contributed by atoms with E-state index >= 15 is 0 Å². The largest absolute Gasteiger partial charge is 0.468 e. The molecular formula is C10H19NO2. The van der Waals surface area contributed by atoms with Gasteiger partial charge < -0.3 is 10.1 Å². The molecule has 76 valence electrons. The Morgan fingerprint density at radius 1 is 1.54 bits per heavy atom. The first-order chi connectivity index (χ1) is 6.15. The zero-order valence-corrected chi connectivity index (χ0v) is 8.67. The van der Waals surface area contributed by atoms with Crippen LogP contribution in [0.1, 0.15) is 26.7 Å². The lowest BCUT2D eigenvalue weighted by molar-refractivity contribution is -0.144. The monoisotopic (exact) mass is 185 g/mol. The summed E-state index contributed by atoms with van der Waals surface area (Å²) in [6, 6.07) is -0.0776. The van der Waals surface area contributed by atoms with Gasteiger partial charge in [-0.05, 0) is 31.2 Å².